The largest absolute Gasteiger partial charge is 0.339 e. The molecule has 160 valence electrons. The van der Waals surface area contributed by atoms with Gasteiger partial charge in [0.2, 0.25) is 5.91 Å². The molecule has 1 fully saturated rings. The molecule has 2 aromatic rings. The van der Waals surface area contributed by atoms with Crippen LogP contribution in [0.2, 0.25) is 0 Å². The molecule has 0 atom stereocenters. The van der Waals surface area contributed by atoms with E-state index in [-0.39, 0.29) is 11.8 Å². The first-order valence-corrected chi connectivity index (χ1v) is 10.6. The van der Waals surface area contributed by atoms with Crippen LogP contribution in [0.15, 0.2) is 48.7 Å². The molecule has 2 heterocycles. The molecule has 1 saturated heterocycles. The van der Waals surface area contributed by atoms with E-state index in [9.17, 15) is 9.59 Å². The van der Waals surface area contributed by atoms with Crippen LogP contribution in [0.3, 0.4) is 0 Å². The molecule has 7 heteroatoms. The third-order valence-electron chi connectivity index (χ3n) is 5.39. The van der Waals surface area contributed by atoms with Gasteiger partial charge in [0.1, 0.15) is 0 Å². The maximum absolute atomic E-state index is 12.5. The van der Waals surface area contributed by atoms with Crippen molar-refractivity contribution < 1.29 is 9.59 Å². The van der Waals surface area contributed by atoms with Gasteiger partial charge in [0.25, 0.3) is 5.91 Å². The SMILES string of the molecule is CCN(CC)C(=O)c1cccc(NC(=O)CN2CCN(Cc3ccccn3)CC2)c1. The summed E-state index contributed by atoms with van der Waals surface area (Å²) in [5, 5.41) is 2.94. The van der Waals surface area contributed by atoms with Crippen molar-refractivity contribution in [1.82, 2.24) is 19.7 Å². The highest BCUT2D eigenvalue weighted by Crippen LogP contribution is 2.13. The van der Waals surface area contributed by atoms with Crippen LogP contribution in [0.25, 0.3) is 0 Å². The summed E-state index contributed by atoms with van der Waals surface area (Å²) in [6.45, 7) is 9.97. The Morgan fingerprint density at radius 2 is 1.73 bits per heavy atom. The summed E-state index contributed by atoms with van der Waals surface area (Å²) in [6.07, 6.45) is 1.82. The molecule has 30 heavy (non-hydrogen) atoms. The lowest BCUT2D eigenvalue weighted by molar-refractivity contribution is -0.117. The molecule has 0 unspecified atom stereocenters. The summed E-state index contributed by atoms with van der Waals surface area (Å²) in [7, 11) is 0. The van der Waals surface area contributed by atoms with Crippen LogP contribution >= 0.6 is 0 Å². The lowest BCUT2D eigenvalue weighted by Crippen LogP contribution is -2.48. The first-order valence-electron chi connectivity index (χ1n) is 10.6. The average Bonchev–Trinajstić information content (AvgIpc) is 2.77. The van der Waals surface area contributed by atoms with Crippen molar-refractivity contribution in [3.05, 3.63) is 59.9 Å². The minimum Gasteiger partial charge on any atom is -0.339 e. The van der Waals surface area contributed by atoms with Gasteiger partial charge in [-0.1, -0.05) is 12.1 Å². The van der Waals surface area contributed by atoms with Crippen LogP contribution in [-0.2, 0) is 11.3 Å². The van der Waals surface area contributed by atoms with Gasteiger partial charge in [-0.3, -0.25) is 24.4 Å². The Labute approximate surface area is 178 Å². The fraction of sp³-hybridized carbons (Fsp3) is 0.435. The number of anilines is 1. The Morgan fingerprint density at radius 1 is 1.00 bits per heavy atom. The highest BCUT2D eigenvalue weighted by atomic mass is 16.2. The molecule has 1 aromatic heterocycles. The van der Waals surface area contributed by atoms with Gasteiger partial charge >= 0.3 is 0 Å². The van der Waals surface area contributed by atoms with Crippen LogP contribution in [0, 0.1) is 0 Å². The highest BCUT2D eigenvalue weighted by molar-refractivity contribution is 5.97. The van der Waals surface area contributed by atoms with Crippen molar-refractivity contribution in [2.24, 2.45) is 0 Å². The van der Waals surface area contributed by atoms with Crippen molar-refractivity contribution >= 4 is 17.5 Å². The predicted octanol–water partition coefficient (Wildman–Crippen LogP) is 2.32. The molecule has 1 aromatic carbocycles. The number of hydrogen-bond acceptors (Lipinski definition) is 5. The number of piperazine rings is 1. The molecule has 0 saturated carbocycles. The number of carbonyl (C=O) groups is 2. The topological polar surface area (TPSA) is 68.8 Å². The number of aromatic nitrogens is 1. The number of nitrogens with one attached hydrogen (secondary N) is 1. The van der Waals surface area contributed by atoms with Crippen LogP contribution in [0.1, 0.15) is 29.9 Å². The first-order chi connectivity index (χ1) is 14.6. The molecular formula is C23H31N5O2. The second-order valence-corrected chi connectivity index (χ2v) is 7.48. The third kappa shape index (κ3) is 6.11. The minimum atomic E-state index is -0.0550. The van der Waals surface area contributed by atoms with Gasteiger partial charge in [0.05, 0.1) is 12.2 Å². The summed E-state index contributed by atoms with van der Waals surface area (Å²) >= 11 is 0. The number of hydrogen-bond donors (Lipinski definition) is 1. The fourth-order valence-electron chi connectivity index (χ4n) is 3.65. The zero-order chi connectivity index (χ0) is 21.3. The number of rotatable bonds is 8. The number of benzene rings is 1. The maximum atomic E-state index is 12.5. The third-order valence-corrected chi connectivity index (χ3v) is 5.39. The smallest absolute Gasteiger partial charge is 0.253 e. The van der Waals surface area contributed by atoms with E-state index in [4.69, 9.17) is 0 Å². The summed E-state index contributed by atoms with van der Waals surface area (Å²) in [6, 6.07) is 13.1. The molecule has 3 rings (SSSR count). The normalized spacial score (nSPS) is 15.0. The molecule has 1 N–H and O–H groups in total. The molecule has 1 aliphatic rings. The first kappa shape index (κ1) is 21.9. The van der Waals surface area contributed by atoms with Gasteiger partial charge in [-0.25, -0.2) is 0 Å². The molecule has 1 aliphatic heterocycles. The van der Waals surface area contributed by atoms with Crippen molar-refractivity contribution in [3.63, 3.8) is 0 Å². The Kier molecular flexibility index (Phi) is 7.93. The van der Waals surface area contributed by atoms with Crippen molar-refractivity contribution in [2.45, 2.75) is 20.4 Å². The molecule has 0 spiro atoms. The van der Waals surface area contributed by atoms with Crippen LogP contribution in [-0.4, -0.2) is 77.3 Å². The summed E-state index contributed by atoms with van der Waals surface area (Å²) in [5.74, 6) is -0.0688. The van der Waals surface area contributed by atoms with E-state index in [1.54, 1.807) is 17.0 Å². The summed E-state index contributed by atoms with van der Waals surface area (Å²) < 4.78 is 0. The van der Waals surface area contributed by atoms with Gasteiger partial charge < -0.3 is 10.2 Å². The van der Waals surface area contributed by atoms with Crippen LogP contribution in [0.5, 0.6) is 0 Å². The maximum Gasteiger partial charge on any atom is 0.253 e. The predicted molar refractivity (Wildman–Crippen MR) is 118 cm³/mol. The zero-order valence-corrected chi connectivity index (χ0v) is 17.9. The van der Waals surface area contributed by atoms with Gasteiger partial charge in [0, 0.05) is 63.3 Å². The van der Waals surface area contributed by atoms with E-state index < -0.39 is 0 Å². The van der Waals surface area contributed by atoms with E-state index in [2.05, 4.69) is 20.1 Å². The molecule has 0 radical (unpaired) electrons. The summed E-state index contributed by atoms with van der Waals surface area (Å²) in [4.78, 5) is 35.7. The van der Waals surface area contributed by atoms with Crippen LogP contribution < -0.4 is 5.32 Å². The van der Waals surface area contributed by atoms with E-state index in [0.717, 1.165) is 38.4 Å². The Bertz CT molecular complexity index is 830. The fourth-order valence-corrected chi connectivity index (χ4v) is 3.65. The quantitative estimate of drug-likeness (QED) is 0.725. The lowest BCUT2D eigenvalue weighted by Gasteiger charge is -2.34. The number of pyridine rings is 1. The Balaban J connectivity index is 1.47. The van der Waals surface area contributed by atoms with Crippen LogP contribution in [0.4, 0.5) is 5.69 Å². The van der Waals surface area contributed by atoms with Crippen molar-refractivity contribution in [1.29, 1.82) is 0 Å². The number of nitrogens with zero attached hydrogens (tertiary/aromatic N) is 4. The van der Waals surface area contributed by atoms with E-state index in [1.807, 2.05) is 50.4 Å². The summed E-state index contributed by atoms with van der Waals surface area (Å²) in [5.41, 5.74) is 2.33. The molecule has 0 aliphatic carbocycles. The molecule has 2 amide bonds. The second kappa shape index (κ2) is 10.8. The number of amides is 2. The lowest BCUT2D eigenvalue weighted by atomic mass is 10.1. The van der Waals surface area contributed by atoms with Crippen molar-refractivity contribution in [2.75, 3.05) is 51.1 Å². The van der Waals surface area contributed by atoms with E-state index in [0.29, 0.717) is 30.9 Å². The monoisotopic (exact) mass is 409 g/mol. The van der Waals surface area contributed by atoms with Gasteiger partial charge in [-0.15, -0.1) is 0 Å². The number of carbonyl (C=O) groups excluding carboxylic acids is 2. The van der Waals surface area contributed by atoms with Crippen molar-refractivity contribution in [3.8, 4) is 0 Å². The molecular weight excluding hydrogens is 378 g/mol. The van der Waals surface area contributed by atoms with Gasteiger partial charge in [-0.2, -0.15) is 0 Å². The minimum absolute atomic E-state index is 0.0138. The Hall–Kier alpha value is -2.77. The van der Waals surface area contributed by atoms with Gasteiger partial charge in [-0.05, 0) is 44.2 Å². The second-order valence-electron chi connectivity index (χ2n) is 7.48. The standard InChI is InChI=1S/C23H31N5O2/c1-3-28(4-2)23(30)19-8-7-10-20(16-19)25-22(29)18-27-14-12-26(13-15-27)17-21-9-5-6-11-24-21/h5-11,16H,3-4,12-15,17-18H2,1-2H3,(H,25,29). The zero-order valence-electron chi connectivity index (χ0n) is 17.9. The highest BCUT2D eigenvalue weighted by Gasteiger charge is 2.20. The Morgan fingerprint density at radius 3 is 2.40 bits per heavy atom. The van der Waals surface area contributed by atoms with E-state index >= 15 is 0 Å². The molecule has 0 bridgehead atoms. The molecule has 7 nitrogen and oxygen atoms in total. The van der Waals surface area contributed by atoms with E-state index in [1.165, 1.54) is 0 Å². The van der Waals surface area contributed by atoms with Gasteiger partial charge in [0.15, 0.2) is 0 Å². The average molecular weight is 410 g/mol.